The number of imidazole rings is 1. The number of carboxylic acids is 1. The van der Waals surface area contributed by atoms with Gasteiger partial charge in [-0.05, 0) is 47.0 Å². The molecule has 2 aliphatic rings. The highest BCUT2D eigenvalue weighted by Crippen LogP contribution is 2.63. The third-order valence-electron chi connectivity index (χ3n) is 4.93. The molecule has 0 atom stereocenters. The summed E-state index contributed by atoms with van der Waals surface area (Å²) in [5.41, 5.74) is 1.04. The maximum atomic E-state index is 10.9. The van der Waals surface area contributed by atoms with Gasteiger partial charge in [-0.3, -0.25) is 9.20 Å². The van der Waals surface area contributed by atoms with E-state index < -0.39 is 5.97 Å². The summed E-state index contributed by atoms with van der Waals surface area (Å²) in [7, 11) is 0. The molecule has 2 aromatic heterocycles. The minimum atomic E-state index is -0.657. The number of carboxylic acid groups (broad SMARTS) is 1. The molecule has 0 aromatic carbocycles. The van der Waals surface area contributed by atoms with Crippen molar-refractivity contribution in [3.63, 3.8) is 0 Å². The number of carbonyl (C=O) groups is 1. The molecular formula is C14H13BrClN3O2. The molecular weight excluding hydrogens is 358 g/mol. The highest BCUT2D eigenvalue weighted by molar-refractivity contribution is 9.10. The SMILES string of the molecule is O=C(O)C1CC2(C1)CC(c1nc(Br)c3c(Cl)nccn13)C2. The van der Waals surface area contributed by atoms with Crippen LogP contribution < -0.4 is 0 Å². The number of hydrogen-bond donors (Lipinski definition) is 1. The molecule has 0 unspecified atom stereocenters. The summed E-state index contributed by atoms with van der Waals surface area (Å²) in [5, 5.41) is 9.44. The molecule has 0 amide bonds. The Morgan fingerprint density at radius 1 is 1.43 bits per heavy atom. The molecule has 2 saturated carbocycles. The van der Waals surface area contributed by atoms with Crippen LogP contribution in [0.1, 0.15) is 37.4 Å². The summed E-state index contributed by atoms with van der Waals surface area (Å²) < 4.78 is 2.71. The molecule has 110 valence electrons. The highest BCUT2D eigenvalue weighted by atomic mass is 79.9. The zero-order chi connectivity index (χ0) is 14.8. The van der Waals surface area contributed by atoms with Gasteiger partial charge in [-0.1, -0.05) is 11.6 Å². The van der Waals surface area contributed by atoms with E-state index in [9.17, 15) is 4.79 Å². The molecule has 1 spiro atoms. The summed E-state index contributed by atoms with van der Waals surface area (Å²) in [6, 6.07) is 0. The zero-order valence-corrected chi connectivity index (χ0v) is 13.4. The van der Waals surface area contributed by atoms with E-state index in [-0.39, 0.29) is 11.3 Å². The Balaban J connectivity index is 1.58. The zero-order valence-electron chi connectivity index (χ0n) is 11.1. The van der Waals surface area contributed by atoms with Crippen molar-refractivity contribution in [3.05, 3.63) is 28.0 Å². The van der Waals surface area contributed by atoms with Crippen LogP contribution in [0.15, 0.2) is 17.0 Å². The molecule has 2 aromatic rings. The van der Waals surface area contributed by atoms with E-state index in [0.29, 0.717) is 15.7 Å². The smallest absolute Gasteiger partial charge is 0.306 e. The van der Waals surface area contributed by atoms with Crippen LogP contribution >= 0.6 is 27.5 Å². The molecule has 21 heavy (non-hydrogen) atoms. The molecule has 7 heteroatoms. The Bertz CT molecular complexity index is 746. The minimum absolute atomic E-state index is 0.145. The van der Waals surface area contributed by atoms with Gasteiger partial charge >= 0.3 is 5.97 Å². The summed E-state index contributed by atoms with van der Waals surface area (Å²) in [4.78, 5) is 19.6. The van der Waals surface area contributed by atoms with Gasteiger partial charge in [0.25, 0.3) is 0 Å². The van der Waals surface area contributed by atoms with Crippen molar-refractivity contribution in [2.45, 2.75) is 31.6 Å². The van der Waals surface area contributed by atoms with Crippen molar-refractivity contribution in [1.82, 2.24) is 14.4 Å². The normalized spacial score (nSPS) is 31.1. The summed E-state index contributed by atoms with van der Waals surface area (Å²) >= 11 is 9.57. The van der Waals surface area contributed by atoms with Gasteiger partial charge in [0.1, 0.15) is 15.9 Å². The first kappa shape index (κ1) is 13.5. The predicted molar refractivity (Wildman–Crippen MR) is 80.5 cm³/mol. The van der Waals surface area contributed by atoms with Gasteiger partial charge in [0.2, 0.25) is 0 Å². The van der Waals surface area contributed by atoms with Crippen molar-refractivity contribution in [2.75, 3.05) is 0 Å². The number of rotatable bonds is 2. The van der Waals surface area contributed by atoms with Crippen LogP contribution in [-0.2, 0) is 4.79 Å². The lowest BCUT2D eigenvalue weighted by Gasteiger charge is -2.56. The Morgan fingerprint density at radius 2 is 2.14 bits per heavy atom. The lowest BCUT2D eigenvalue weighted by molar-refractivity contribution is -0.155. The van der Waals surface area contributed by atoms with E-state index in [0.717, 1.165) is 37.0 Å². The standard InChI is InChI=1S/C14H13BrClN3O2/c15-10-9-11(16)17-1-2-19(9)12(18-10)7-3-14(4-7)5-8(6-14)13(20)21/h1-2,7-8H,3-6H2,(H,20,21). The van der Waals surface area contributed by atoms with Crippen molar-refractivity contribution >= 4 is 39.0 Å². The number of nitrogens with zero attached hydrogens (tertiary/aromatic N) is 3. The van der Waals surface area contributed by atoms with Gasteiger partial charge in [0.05, 0.1) is 5.92 Å². The summed E-state index contributed by atoms with van der Waals surface area (Å²) in [6.07, 6.45) is 7.20. The first-order valence-electron chi connectivity index (χ1n) is 6.90. The average Bonchev–Trinajstić information content (AvgIpc) is 2.64. The number of aliphatic carboxylic acids is 1. The second-order valence-corrected chi connectivity index (χ2v) is 7.36. The molecule has 0 saturated heterocycles. The fourth-order valence-corrected chi connectivity index (χ4v) is 4.84. The molecule has 0 radical (unpaired) electrons. The third kappa shape index (κ3) is 1.92. The summed E-state index contributed by atoms with van der Waals surface area (Å²) in [5.74, 6) is 0.562. The second-order valence-electron chi connectivity index (χ2n) is 6.25. The second kappa shape index (κ2) is 4.43. The van der Waals surface area contributed by atoms with Crippen LogP contribution in [0.25, 0.3) is 5.52 Å². The highest BCUT2D eigenvalue weighted by Gasteiger charge is 2.56. The minimum Gasteiger partial charge on any atom is -0.481 e. The maximum Gasteiger partial charge on any atom is 0.306 e. The third-order valence-corrected chi connectivity index (χ3v) is 5.76. The Labute approximate surface area is 134 Å². The molecule has 4 rings (SSSR count). The van der Waals surface area contributed by atoms with Gasteiger partial charge in [-0.25, -0.2) is 9.97 Å². The first-order valence-corrected chi connectivity index (χ1v) is 8.07. The van der Waals surface area contributed by atoms with E-state index in [1.54, 1.807) is 6.20 Å². The van der Waals surface area contributed by atoms with Crippen molar-refractivity contribution in [2.24, 2.45) is 11.3 Å². The van der Waals surface area contributed by atoms with Crippen LogP contribution in [0, 0.1) is 11.3 Å². The molecule has 2 fully saturated rings. The topological polar surface area (TPSA) is 67.5 Å². The number of fused-ring (bicyclic) bond motifs is 1. The number of hydrogen-bond acceptors (Lipinski definition) is 3. The largest absolute Gasteiger partial charge is 0.481 e. The number of aromatic nitrogens is 3. The lowest BCUT2D eigenvalue weighted by atomic mass is 9.48. The van der Waals surface area contributed by atoms with E-state index in [4.69, 9.17) is 16.7 Å². The Morgan fingerprint density at radius 3 is 2.81 bits per heavy atom. The number of halogens is 2. The van der Waals surface area contributed by atoms with Crippen molar-refractivity contribution < 1.29 is 9.90 Å². The van der Waals surface area contributed by atoms with E-state index in [1.165, 1.54) is 0 Å². The monoisotopic (exact) mass is 369 g/mol. The Kier molecular flexibility index (Phi) is 2.85. The van der Waals surface area contributed by atoms with Gasteiger partial charge in [0, 0.05) is 18.3 Å². The van der Waals surface area contributed by atoms with Gasteiger partial charge in [0.15, 0.2) is 5.15 Å². The van der Waals surface area contributed by atoms with Gasteiger partial charge in [-0.2, -0.15) is 0 Å². The molecule has 0 aliphatic heterocycles. The average molecular weight is 371 g/mol. The van der Waals surface area contributed by atoms with Crippen LogP contribution in [0.3, 0.4) is 0 Å². The van der Waals surface area contributed by atoms with Crippen LogP contribution in [0.4, 0.5) is 0 Å². The van der Waals surface area contributed by atoms with Crippen LogP contribution in [0.2, 0.25) is 5.15 Å². The lowest BCUT2D eigenvalue weighted by Crippen LogP contribution is -2.49. The fraction of sp³-hybridized carbons (Fsp3) is 0.500. The first-order chi connectivity index (χ1) is 9.99. The van der Waals surface area contributed by atoms with E-state index in [2.05, 4.69) is 25.9 Å². The predicted octanol–water partition coefficient (Wildman–Crippen LogP) is 3.50. The van der Waals surface area contributed by atoms with Gasteiger partial charge in [-0.15, -0.1) is 0 Å². The van der Waals surface area contributed by atoms with E-state index >= 15 is 0 Å². The van der Waals surface area contributed by atoms with Crippen LogP contribution in [-0.4, -0.2) is 25.4 Å². The van der Waals surface area contributed by atoms with E-state index in [1.807, 2.05) is 10.6 Å². The maximum absolute atomic E-state index is 10.9. The molecule has 5 nitrogen and oxygen atoms in total. The van der Waals surface area contributed by atoms with Crippen molar-refractivity contribution in [1.29, 1.82) is 0 Å². The Hall–Kier alpha value is -1.14. The summed E-state index contributed by atoms with van der Waals surface area (Å²) in [6.45, 7) is 0. The van der Waals surface area contributed by atoms with Crippen LogP contribution in [0.5, 0.6) is 0 Å². The molecule has 1 N–H and O–H groups in total. The molecule has 0 bridgehead atoms. The quantitative estimate of drug-likeness (QED) is 0.878. The van der Waals surface area contributed by atoms with Gasteiger partial charge < -0.3 is 5.11 Å². The van der Waals surface area contributed by atoms with Crippen molar-refractivity contribution in [3.8, 4) is 0 Å². The fourth-order valence-electron chi connectivity index (χ4n) is 3.93. The molecule has 2 heterocycles. The molecule has 2 aliphatic carbocycles.